The second-order valence-corrected chi connectivity index (χ2v) is 6.32. The largest absolute Gasteiger partial charge is 0.330 e. The van der Waals surface area contributed by atoms with Crippen LogP contribution in [0.25, 0.3) is 33.5 Å². The molecule has 0 bridgehead atoms. The summed E-state index contributed by atoms with van der Waals surface area (Å²) in [6, 6.07) is 8.30. The molecule has 0 radical (unpaired) electrons. The van der Waals surface area contributed by atoms with E-state index < -0.39 is 0 Å². The van der Waals surface area contributed by atoms with E-state index in [1.54, 1.807) is 19.9 Å². The Hall–Kier alpha value is -3.68. The number of halogens is 2. The van der Waals surface area contributed by atoms with Crippen LogP contribution in [0, 0.1) is 11.6 Å². The van der Waals surface area contributed by atoms with Gasteiger partial charge in [-0.1, -0.05) is 13.2 Å². The van der Waals surface area contributed by atoms with Crippen LogP contribution in [-0.4, -0.2) is 19.1 Å². The van der Waals surface area contributed by atoms with Gasteiger partial charge in [-0.25, -0.2) is 18.4 Å². The summed E-state index contributed by atoms with van der Waals surface area (Å²) in [6.45, 7) is 10.8. The van der Waals surface area contributed by atoms with Crippen molar-refractivity contribution in [1.29, 1.82) is 0 Å². The van der Waals surface area contributed by atoms with Crippen LogP contribution in [0.15, 0.2) is 59.1 Å². The Morgan fingerprint density at radius 3 is 1.89 bits per heavy atom. The Labute approximate surface area is 158 Å². The molecule has 28 heavy (non-hydrogen) atoms. The van der Waals surface area contributed by atoms with Gasteiger partial charge in [-0.3, -0.25) is 9.13 Å². The van der Waals surface area contributed by atoms with E-state index in [2.05, 4.69) is 23.1 Å². The van der Waals surface area contributed by atoms with E-state index in [1.165, 1.54) is 39.5 Å². The van der Waals surface area contributed by atoms with Gasteiger partial charge in [-0.2, -0.15) is 0 Å². The lowest BCUT2D eigenvalue weighted by Crippen LogP contribution is -2.13. The Morgan fingerprint density at radius 1 is 0.786 bits per heavy atom. The molecule has 0 aliphatic heterocycles. The first kappa shape index (κ1) is 19.1. The van der Waals surface area contributed by atoms with Crippen LogP contribution in [-0.2, 0) is 0 Å². The zero-order valence-electron chi connectivity index (χ0n) is 15.3. The highest BCUT2D eigenvalue weighted by molar-refractivity contribution is 5.79. The van der Waals surface area contributed by atoms with Crippen molar-refractivity contribution < 1.29 is 8.78 Å². The van der Waals surface area contributed by atoms with Crippen molar-refractivity contribution >= 4 is 33.5 Å². The molecule has 4 aromatic rings. The third-order valence-electron chi connectivity index (χ3n) is 4.05. The first-order chi connectivity index (χ1) is 13.2. The van der Waals surface area contributed by atoms with Crippen LogP contribution in [0.3, 0.4) is 0 Å². The highest BCUT2D eigenvalue weighted by Crippen LogP contribution is 2.15. The van der Waals surface area contributed by atoms with Gasteiger partial charge in [0.15, 0.2) is 0 Å². The van der Waals surface area contributed by atoms with Crippen LogP contribution in [0.5, 0.6) is 0 Å². The van der Waals surface area contributed by atoms with Gasteiger partial charge in [0.1, 0.15) is 11.6 Å². The number of allylic oxidation sites excluding steroid dienone is 2. The molecular weight excluding hydrogens is 366 g/mol. The van der Waals surface area contributed by atoms with Crippen LogP contribution in [0.1, 0.15) is 13.8 Å². The molecule has 2 aromatic carbocycles. The Kier molecular flexibility index (Phi) is 4.87. The molecule has 0 amide bonds. The van der Waals surface area contributed by atoms with E-state index in [0.717, 1.165) is 0 Å². The molecule has 0 aliphatic rings. The van der Waals surface area contributed by atoms with Crippen LogP contribution in [0.2, 0.25) is 0 Å². The summed E-state index contributed by atoms with van der Waals surface area (Å²) in [7, 11) is 0. The molecule has 0 atom stereocenters. The average Bonchev–Trinajstić information content (AvgIpc) is 3.09. The molecule has 2 heterocycles. The summed E-state index contributed by atoms with van der Waals surface area (Å²) in [4.78, 5) is 28.0. The summed E-state index contributed by atoms with van der Waals surface area (Å²) in [6.07, 6.45) is 0. The maximum absolute atomic E-state index is 12.9. The molecule has 2 aromatic heterocycles. The van der Waals surface area contributed by atoms with Gasteiger partial charge in [-0.15, -0.1) is 0 Å². The number of imidazole rings is 2. The monoisotopic (exact) mass is 384 g/mol. The number of nitrogens with one attached hydrogen (secondary N) is 2. The molecular formula is C20H18F2N4O2. The number of aromatic nitrogens is 4. The number of H-pyrrole nitrogens is 2. The van der Waals surface area contributed by atoms with Crippen molar-refractivity contribution in [3.05, 3.63) is 82.2 Å². The number of rotatable bonds is 2. The third kappa shape index (κ3) is 3.44. The van der Waals surface area contributed by atoms with E-state index in [0.29, 0.717) is 33.5 Å². The summed E-state index contributed by atoms with van der Waals surface area (Å²) >= 11 is 0. The van der Waals surface area contributed by atoms with E-state index in [4.69, 9.17) is 0 Å². The third-order valence-corrected chi connectivity index (χ3v) is 4.05. The maximum Gasteiger partial charge on any atom is 0.330 e. The van der Waals surface area contributed by atoms with Crippen molar-refractivity contribution in [2.45, 2.75) is 13.8 Å². The number of benzene rings is 2. The van der Waals surface area contributed by atoms with Gasteiger partial charge >= 0.3 is 11.4 Å². The van der Waals surface area contributed by atoms with Crippen LogP contribution < -0.4 is 11.4 Å². The lowest BCUT2D eigenvalue weighted by Gasteiger charge is -1.99. The van der Waals surface area contributed by atoms with Crippen molar-refractivity contribution in [1.82, 2.24) is 19.1 Å². The SMILES string of the molecule is C=C(C)n1c(=O)[nH]c2cc(F)ccc21.C=C(C)n1c(=O)[nH]c2ccc(F)cc21. The molecule has 0 spiro atoms. The minimum absolute atomic E-state index is 0.293. The molecule has 0 aliphatic carbocycles. The lowest BCUT2D eigenvalue weighted by molar-refractivity contribution is 0.629. The molecule has 6 nitrogen and oxygen atoms in total. The maximum atomic E-state index is 12.9. The summed E-state index contributed by atoms with van der Waals surface area (Å²) in [5.41, 5.74) is 2.83. The molecule has 0 saturated carbocycles. The predicted molar refractivity (Wildman–Crippen MR) is 107 cm³/mol. The predicted octanol–water partition coefficient (Wildman–Crippen LogP) is 3.92. The summed E-state index contributed by atoms with van der Waals surface area (Å²) in [5.74, 6) is -0.737. The molecule has 0 unspecified atom stereocenters. The fraction of sp³-hybridized carbons (Fsp3) is 0.100. The van der Waals surface area contributed by atoms with E-state index in [-0.39, 0.29) is 23.0 Å². The molecule has 0 fully saturated rings. The number of hydrogen-bond acceptors (Lipinski definition) is 2. The molecule has 8 heteroatoms. The first-order valence-corrected chi connectivity index (χ1v) is 8.31. The normalized spacial score (nSPS) is 10.7. The lowest BCUT2D eigenvalue weighted by atomic mass is 10.3. The average molecular weight is 384 g/mol. The fourth-order valence-corrected chi connectivity index (χ4v) is 2.92. The van der Waals surface area contributed by atoms with Gasteiger partial charge < -0.3 is 9.97 Å². The minimum Gasteiger partial charge on any atom is -0.305 e. The standard InChI is InChI=1S/2C10H9FN2O/c1-6(2)13-9-4-3-7(11)5-8(9)12-10(13)14;1-6(2)13-9-5-7(11)3-4-8(9)12-10(13)14/h2*3-5H,1H2,2H3,(H,12,14). The molecule has 4 rings (SSSR count). The number of hydrogen-bond donors (Lipinski definition) is 2. The Morgan fingerprint density at radius 2 is 1.29 bits per heavy atom. The van der Waals surface area contributed by atoms with Gasteiger partial charge in [0.05, 0.1) is 22.1 Å². The van der Waals surface area contributed by atoms with Gasteiger partial charge in [0.25, 0.3) is 0 Å². The first-order valence-electron chi connectivity index (χ1n) is 8.31. The zero-order valence-corrected chi connectivity index (χ0v) is 15.3. The highest BCUT2D eigenvalue weighted by atomic mass is 19.1. The molecule has 144 valence electrons. The van der Waals surface area contributed by atoms with Crippen molar-refractivity contribution in [2.24, 2.45) is 0 Å². The summed E-state index contributed by atoms with van der Waals surface area (Å²) in [5, 5.41) is 0. The van der Waals surface area contributed by atoms with Gasteiger partial charge in [-0.05, 0) is 44.2 Å². The molecule has 0 saturated heterocycles. The smallest absolute Gasteiger partial charge is 0.305 e. The minimum atomic E-state index is -0.369. The van der Waals surface area contributed by atoms with E-state index >= 15 is 0 Å². The number of nitrogens with zero attached hydrogens (tertiary/aromatic N) is 2. The van der Waals surface area contributed by atoms with E-state index in [1.807, 2.05) is 0 Å². The Bertz CT molecular complexity index is 1340. The summed E-state index contributed by atoms with van der Waals surface area (Å²) < 4.78 is 28.5. The quantitative estimate of drug-likeness (QED) is 0.550. The second kappa shape index (κ2) is 7.15. The van der Waals surface area contributed by atoms with Crippen LogP contribution >= 0.6 is 0 Å². The van der Waals surface area contributed by atoms with Gasteiger partial charge in [0, 0.05) is 17.5 Å². The van der Waals surface area contributed by atoms with Gasteiger partial charge in [0.2, 0.25) is 0 Å². The second-order valence-electron chi connectivity index (χ2n) is 6.32. The fourth-order valence-electron chi connectivity index (χ4n) is 2.92. The number of fused-ring (bicyclic) bond motifs is 2. The van der Waals surface area contributed by atoms with Crippen molar-refractivity contribution in [2.75, 3.05) is 0 Å². The highest BCUT2D eigenvalue weighted by Gasteiger charge is 2.08. The van der Waals surface area contributed by atoms with E-state index in [9.17, 15) is 18.4 Å². The van der Waals surface area contributed by atoms with Crippen molar-refractivity contribution in [3.8, 4) is 0 Å². The zero-order chi connectivity index (χ0) is 20.6. The topological polar surface area (TPSA) is 75.6 Å². The molecule has 2 N–H and O–H groups in total. The Balaban J connectivity index is 0.000000161. The van der Waals surface area contributed by atoms with Crippen LogP contribution in [0.4, 0.5) is 8.78 Å². The number of aromatic amines is 2. The van der Waals surface area contributed by atoms with Crippen molar-refractivity contribution in [3.63, 3.8) is 0 Å².